The molecule has 1 aliphatic carbocycles. The van der Waals surface area contributed by atoms with Crippen LogP contribution in [0.5, 0.6) is 0 Å². The van der Waals surface area contributed by atoms with Crippen LogP contribution in [0.15, 0.2) is 29.4 Å². The largest absolute Gasteiger partial charge is 0.356 e. The molecule has 7 heteroatoms. The van der Waals surface area contributed by atoms with Gasteiger partial charge in [-0.1, -0.05) is 19.9 Å². The topological polar surface area (TPSA) is 72.9 Å². The molecule has 0 bridgehead atoms. The molecule has 166 valence electrons. The molecule has 0 radical (unpaired) electrons. The van der Waals surface area contributed by atoms with Crippen LogP contribution in [0, 0.1) is 11.8 Å². The number of hydrogen-bond acceptors (Lipinski definition) is 4. The molecule has 0 unspecified atom stereocenters. The zero-order valence-electron chi connectivity index (χ0n) is 18.8. The number of hydrogen-bond donors (Lipinski definition) is 2. The maximum Gasteiger partial charge on any atom is 0.224 e. The van der Waals surface area contributed by atoms with Crippen LogP contribution in [0.25, 0.3) is 0 Å². The van der Waals surface area contributed by atoms with Crippen LogP contribution in [0.2, 0.25) is 0 Å². The van der Waals surface area contributed by atoms with Gasteiger partial charge in [-0.15, -0.1) is 0 Å². The van der Waals surface area contributed by atoms with Crippen molar-refractivity contribution in [2.24, 2.45) is 16.8 Å². The van der Waals surface area contributed by atoms with Crippen LogP contribution in [0.1, 0.15) is 46.0 Å². The number of carbonyl (C=O) groups excluding carboxylic acids is 1. The summed E-state index contributed by atoms with van der Waals surface area (Å²) in [6, 6.07) is 6.44. The zero-order chi connectivity index (χ0) is 21.3. The van der Waals surface area contributed by atoms with E-state index in [9.17, 15) is 4.79 Å². The van der Waals surface area contributed by atoms with Crippen molar-refractivity contribution in [1.82, 2.24) is 20.5 Å². The van der Waals surface area contributed by atoms with Gasteiger partial charge in [0, 0.05) is 58.4 Å². The molecule has 2 heterocycles. The van der Waals surface area contributed by atoms with Crippen molar-refractivity contribution in [1.29, 1.82) is 0 Å². The Labute approximate surface area is 181 Å². The van der Waals surface area contributed by atoms with E-state index in [1.165, 1.54) is 25.7 Å². The normalized spacial score (nSPS) is 22.9. The average Bonchev–Trinajstić information content (AvgIpc) is 2.79. The van der Waals surface area contributed by atoms with Crippen molar-refractivity contribution in [3.05, 3.63) is 24.4 Å². The van der Waals surface area contributed by atoms with E-state index in [-0.39, 0.29) is 5.91 Å². The predicted molar refractivity (Wildman–Crippen MR) is 123 cm³/mol. The summed E-state index contributed by atoms with van der Waals surface area (Å²) in [7, 11) is 1.80. The minimum atomic E-state index is 0.205. The second-order valence-corrected chi connectivity index (χ2v) is 8.80. The Hall–Kier alpha value is -2.31. The number of anilines is 1. The Morgan fingerprint density at radius 1 is 1.17 bits per heavy atom. The van der Waals surface area contributed by atoms with Crippen molar-refractivity contribution in [2.45, 2.75) is 52.0 Å². The first-order chi connectivity index (χ1) is 14.6. The van der Waals surface area contributed by atoms with Crippen LogP contribution in [0.3, 0.4) is 0 Å². The Kier molecular flexibility index (Phi) is 8.34. The fourth-order valence-corrected chi connectivity index (χ4v) is 4.49. The van der Waals surface area contributed by atoms with E-state index in [0.29, 0.717) is 19.0 Å². The van der Waals surface area contributed by atoms with E-state index in [0.717, 1.165) is 49.8 Å². The molecule has 1 saturated heterocycles. The summed E-state index contributed by atoms with van der Waals surface area (Å²) in [6.45, 7) is 8.43. The van der Waals surface area contributed by atoms with Gasteiger partial charge in [0.05, 0.1) is 0 Å². The highest BCUT2D eigenvalue weighted by Gasteiger charge is 2.24. The average molecular weight is 415 g/mol. The summed E-state index contributed by atoms with van der Waals surface area (Å²) in [5.41, 5.74) is 0. The molecule has 30 heavy (non-hydrogen) atoms. The molecule has 1 aromatic rings. The summed E-state index contributed by atoms with van der Waals surface area (Å²) in [6.07, 6.45) is 7.27. The van der Waals surface area contributed by atoms with Gasteiger partial charge in [0.1, 0.15) is 5.82 Å². The fourth-order valence-electron chi connectivity index (χ4n) is 4.49. The van der Waals surface area contributed by atoms with Gasteiger partial charge in [-0.05, 0) is 49.7 Å². The highest BCUT2D eigenvalue weighted by atomic mass is 16.2. The number of rotatable bonds is 6. The van der Waals surface area contributed by atoms with Gasteiger partial charge in [-0.3, -0.25) is 9.79 Å². The van der Waals surface area contributed by atoms with E-state index < -0.39 is 0 Å². The summed E-state index contributed by atoms with van der Waals surface area (Å²) in [4.78, 5) is 25.5. The fraction of sp³-hybridized carbons (Fsp3) is 0.696. The molecule has 0 spiro atoms. The molecule has 2 N–H and O–H groups in total. The number of nitrogens with zero attached hydrogens (tertiary/aromatic N) is 4. The monoisotopic (exact) mass is 414 g/mol. The molecular formula is C23H38N6O. The van der Waals surface area contributed by atoms with Crippen LogP contribution < -0.4 is 15.5 Å². The SMILES string of the molecule is CN=C(NCCC(=O)N1CCN(c2ccccn2)CC1)NC1CCC(C(C)C)CC1. The molecule has 1 amide bonds. The van der Waals surface area contributed by atoms with Gasteiger partial charge in [-0.2, -0.15) is 0 Å². The third-order valence-corrected chi connectivity index (χ3v) is 6.52. The Morgan fingerprint density at radius 3 is 2.50 bits per heavy atom. The van der Waals surface area contributed by atoms with Crippen molar-refractivity contribution < 1.29 is 4.79 Å². The molecule has 2 aliphatic rings. The van der Waals surface area contributed by atoms with Crippen LogP contribution in [0.4, 0.5) is 5.82 Å². The number of piperazine rings is 1. The lowest BCUT2D eigenvalue weighted by molar-refractivity contribution is -0.131. The Morgan fingerprint density at radius 2 is 1.90 bits per heavy atom. The molecule has 1 saturated carbocycles. The van der Waals surface area contributed by atoms with Gasteiger partial charge in [-0.25, -0.2) is 4.98 Å². The highest BCUT2D eigenvalue weighted by molar-refractivity contribution is 5.81. The summed E-state index contributed by atoms with van der Waals surface area (Å²) >= 11 is 0. The van der Waals surface area contributed by atoms with Gasteiger partial charge < -0.3 is 20.4 Å². The predicted octanol–water partition coefficient (Wildman–Crippen LogP) is 2.50. The second kappa shape index (κ2) is 11.2. The molecule has 2 fully saturated rings. The minimum absolute atomic E-state index is 0.205. The Bertz CT molecular complexity index is 676. The number of nitrogens with one attached hydrogen (secondary N) is 2. The molecule has 0 aromatic carbocycles. The Balaban J connectivity index is 1.34. The first-order valence-corrected chi connectivity index (χ1v) is 11.5. The summed E-state index contributed by atoms with van der Waals surface area (Å²) in [5.74, 6) is 3.64. The van der Waals surface area contributed by atoms with E-state index >= 15 is 0 Å². The third kappa shape index (κ3) is 6.34. The number of aliphatic imine (C=N–C) groups is 1. The summed E-state index contributed by atoms with van der Waals surface area (Å²) in [5, 5.41) is 6.87. The van der Waals surface area contributed by atoms with Crippen molar-refractivity contribution >= 4 is 17.7 Å². The molecule has 1 aliphatic heterocycles. The maximum absolute atomic E-state index is 12.6. The lowest BCUT2D eigenvalue weighted by Crippen LogP contribution is -2.50. The molecule has 3 rings (SSSR count). The van der Waals surface area contributed by atoms with E-state index in [1.54, 1.807) is 7.05 Å². The van der Waals surface area contributed by atoms with Crippen LogP contribution in [-0.4, -0.2) is 67.6 Å². The number of pyridine rings is 1. The molecule has 1 aromatic heterocycles. The molecule has 7 nitrogen and oxygen atoms in total. The van der Waals surface area contributed by atoms with Gasteiger partial charge >= 0.3 is 0 Å². The zero-order valence-corrected chi connectivity index (χ0v) is 18.8. The van der Waals surface area contributed by atoms with E-state index in [4.69, 9.17) is 0 Å². The number of aromatic nitrogens is 1. The van der Waals surface area contributed by atoms with Crippen LogP contribution >= 0.6 is 0 Å². The van der Waals surface area contributed by atoms with Crippen molar-refractivity contribution in [3.8, 4) is 0 Å². The van der Waals surface area contributed by atoms with Gasteiger partial charge in [0.25, 0.3) is 0 Å². The standard InChI is InChI=1S/C23H38N6O/c1-18(2)19-7-9-20(10-8-19)27-23(24-3)26-13-11-22(30)29-16-14-28(15-17-29)21-6-4-5-12-25-21/h4-6,12,18-20H,7-11,13-17H2,1-3H3,(H2,24,26,27). The van der Waals surface area contributed by atoms with Crippen molar-refractivity contribution in [3.63, 3.8) is 0 Å². The minimum Gasteiger partial charge on any atom is -0.356 e. The van der Waals surface area contributed by atoms with Gasteiger partial charge in [0.15, 0.2) is 5.96 Å². The lowest BCUT2D eigenvalue weighted by Gasteiger charge is -2.35. The first-order valence-electron chi connectivity index (χ1n) is 11.5. The number of amides is 1. The highest BCUT2D eigenvalue weighted by Crippen LogP contribution is 2.29. The van der Waals surface area contributed by atoms with Gasteiger partial charge in [0.2, 0.25) is 5.91 Å². The van der Waals surface area contributed by atoms with E-state index in [1.807, 2.05) is 29.3 Å². The maximum atomic E-state index is 12.6. The lowest BCUT2D eigenvalue weighted by atomic mass is 9.80. The first kappa shape index (κ1) is 22.4. The van der Waals surface area contributed by atoms with Crippen LogP contribution in [-0.2, 0) is 4.79 Å². The van der Waals surface area contributed by atoms with Crippen molar-refractivity contribution in [2.75, 3.05) is 44.7 Å². The number of guanidine groups is 1. The number of carbonyl (C=O) groups is 1. The molecule has 0 atom stereocenters. The summed E-state index contributed by atoms with van der Waals surface area (Å²) < 4.78 is 0. The molecular weight excluding hydrogens is 376 g/mol. The smallest absolute Gasteiger partial charge is 0.224 e. The third-order valence-electron chi connectivity index (χ3n) is 6.52. The quantitative estimate of drug-likeness (QED) is 0.553. The van der Waals surface area contributed by atoms with E-state index in [2.05, 4.69) is 39.4 Å². The second-order valence-electron chi connectivity index (χ2n) is 8.80.